The monoisotopic (exact) mass is 189 g/mol. The molecule has 1 aromatic rings. The fourth-order valence-electron chi connectivity index (χ4n) is 0.623. The average molecular weight is 190 g/mol. The molecule has 57 valence electrons. The van der Waals surface area contributed by atoms with Gasteiger partial charge in [0.25, 0.3) is 0 Å². The van der Waals surface area contributed by atoms with E-state index in [1.807, 2.05) is 0 Å². The zero-order valence-corrected chi connectivity index (χ0v) is 6.82. The Morgan fingerprint density at radius 3 is 2.27 bits per heavy atom. The first-order chi connectivity index (χ1) is 5.11. The molecule has 0 atom stereocenters. The highest BCUT2D eigenvalue weighted by Gasteiger charge is 2.06. The van der Waals surface area contributed by atoms with Crippen LogP contribution in [0.25, 0.3) is 0 Å². The third-order valence-electron chi connectivity index (χ3n) is 1.16. The first-order valence-electron chi connectivity index (χ1n) is 2.77. The van der Waals surface area contributed by atoms with Crippen molar-refractivity contribution in [3.8, 4) is 0 Å². The van der Waals surface area contributed by atoms with Crippen molar-refractivity contribution in [3.05, 3.63) is 33.8 Å². The van der Waals surface area contributed by atoms with E-state index >= 15 is 0 Å². The van der Waals surface area contributed by atoms with Crippen molar-refractivity contribution in [2.24, 2.45) is 0 Å². The van der Waals surface area contributed by atoms with Crippen molar-refractivity contribution >= 4 is 29.2 Å². The van der Waals surface area contributed by atoms with E-state index < -0.39 is 5.97 Å². The minimum absolute atomic E-state index is 0.0272. The molecule has 0 aliphatic carbocycles. The van der Waals surface area contributed by atoms with E-state index in [0.29, 0.717) is 5.02 Å². The molecule has 11 heavy (non-hydrogen) atoms. The summed E-state index contributed by atoms with van der Waals surface area (Å²) < 4.78 is 0. The van der Waals surface area contributed by atoms with Crippen LogP contribution >= 0.6 is 23.2 Å². The summed E-state index contributed by atoms with van der Waals surface area (Å²) in [4.78, 5) is 10.3. The fraction of sp³-hybridized carbons (Fsp3) is 0. The normalized spacial score (nSPS) is 9.64. The maximum atomic E-state index is 10.3. The Morgan fingerprint density at radius 1 is 1.18 bits per heavy atom. The van der Waals surface area contributed by atoms with Crippen LogP contribution in [0.2, 0.25) is 10.0 Å². The molecule has 4 heteroatoms. The van der Waals surface area contributed by atoms with E-state index in [0.717, 1.165) is 0 Å². The summed E-state index contributed by atoms with van der Waals surface area (Å²) in [5.74, 6) is -1.26. The second-order valence-electron chi connectivity index (χ2n) is 1.92. The van der Waals surface area contributed by atoms with Crippen LogP contribution in [0.15, 0.2) is 18.2 Å². The number of benzene rings is 1. The van der Waals surface area contributed by atoms with Crippen LogP contribution in [-0.4, -0.2) is 5.97 Å². The Hall–Kier alpha value is -0.730. The average Bonchev–Trinajstić information content (AvgIpc) is 1.94. The largest absolute Gasteiger partial charge is 0.386 e. The van der Waals surface area contributed by atoms with Gasteiger partial charge in [-0.2, -0.15) is 0 Å². The van der Waals surface area contributed by atoms with E-state index in [-0.39, 0.29) is 10.6 Å². The van der Waals surface area contributed by atoms with E-state index in [1.54, 1.807) is 0 Å². The number of rotatable bonds is 1. The lowest BCUT2D eigenvalue weighted by molar-refractivity contribution is 0.0573. The molecule has 0 fully saturated rings. The Labute approximate surface area is 73.4 Å². The minimum Gasteiger partial charge on any atom is -0.242 e. The molecule has 1 aromatic carbocycles. The fourth-order valence-corrected chi connectivity index (χ4v) is 0.921. The molecular weight excluding hydrogens is 187 g/mol. The molecule has 0 aliphatic rings. The molecule has 0 aromatic heterocycles. The van der Waals surface area contributed by atoms with Crippen LogP contribution in [0.4, 0.5) is 0 Å². The summed E-state index contributed by atoms with van der Waals surface area (Å²) in [6.07, 6.45) is 0. The molecule has 0 bridgehead atoms. The Balaban J connectivity index is 3.15. The number of carbonyl (C=O) groups excluding carboxylic acids is 1. The van der Waals surface area contributed by atoms with Gasteiger partial charge < -0.3 is 0 Å². The molecule has 0 amide bonds. The standard InChI is InChI=1S/C7H3Cl2O2/c8-5-2-1-4(7(10)11)3-6(5)9/h1-3H. The lowest BCUT2D eigenvalue weighted by atomic mass is 10.2. The molecular formula is C7H3Cl2O2. The first kappa shape index (κ1) is 8.37. The van der Waals surface area contributed by atoms with Crippen molar-refractivity contribution < 1.29 is 9.90 Å². The lowest BCUT2D eigenvalue weighted by Crippen LogP contribution is -1.92. The van der Waals surface area contributed by atoms with Crippen LogP contribution < -0.4 is 0 Å². The molecule has 0 spiro atoms. The van der Waals surface area contributed by atoms with Crippen LogP contribution in [0.5, 0.6) is 0 Å². The van der Waals surface area contributed by atoms with Gasteiger partial charge in [-0.05, 0) is 18.2 Å². The Kier molecular flexibility index (Phi) is 2.37. The maximum absolute atomic E-state index is 10.3. The molecule has 0 aliphatic heterocycles. The van der Waals surface area contributed by atoms with Gasteiger partial charge >= 0.3 is 5.97 Å². The van der Waals surface area contributed by atoms with Gasteiger partial charge in [0.05, 0.1) is 15.6 Å². The number of halogens is 2. The zero-order valence-electron chi connectivity index (χ0n) is 5.30. The SMILES string of the molecule is [O]C(=O)c1ccc(Cl)c(Cl)c1. The third-order valence-corrected chi connectivity index (χ3v) is 1.89. The minimum atomic E-state index is -1.26. The van der Waals surface area contributed by atoms with Gasteiger partial charge in [-0.3, -0.25) is 0 Å². The van der Waals surface area contributed by atoms with Crippen LogP contribution in [0, 0.1) is 0 Å². The van der Waals surface area contributed by atoms with Gasteiger partial charge in [-0.25, -0.2) is 9.90 Å². The summed E-state index contributed by atoms with van der Waals surface area (Å²) in [5.41, 5.74) is 0.0272. The van der Waals surface area contributed by atoms with E-state index in [9.17, 15) is 9.90 Å². The molecule has 2 nitrogen and oxygen atoms in total. The quantitative estimate of drug-likeness (QED) is 0.670. The summed E-state index contributed by atoms with van der Waals surface area (Å²) in [7, 11) is 0. The number of hydrogen-bond donors (Lipinski definition) is 0. The van der Waals surface area contributed by atoms with Gasteiger partial charge in [0, 0.05) is 0 Å². The van der Waals surface area contributed by atoms with Crippen LogP contribution in [0.1, 0.15) is 10.4 Å². The van der Waals surface area contributed by atoms with E-state index in [1.165, 1.54) is 18.2 Å². The number of carbonyl (C=O) groups is 1. The molecule has 0 unspecified atom stereocenters. The van der Waals surface area contributed by atoms with Crippen molar-refractivity contribution in [2.45, 2.75) is 0 Å². The summed E-state index contributed by atoms with van der Waals surface area (Å²) in [6.45, 7) is 0. The highest BCUT2D eigenvalue weighted by atomic mass is 35.5. The first-order valence-corrected chi connectivity index (χ1v) is 3.53. The third kappa shape index (κ3) is 1.85. The van der Waals surface area contributed by atoms with Crippen molar-refractivity contribution in [2.75, 3.05) is 0 Å². The van der Waals surface area contributed by atoms with Gasteiger partial charge in [-0.15, -0.1) is 0 Å². The van der Waals surface area contributed by atoms with Gasteiger partial charge in [0.2, 0.25) is 0 Å². The highest BCUT2D eigenvalue weighted by Crippen LogP contribution is 2.22. The van der Waals surface area contributed by atoms with E-state index in [4.69, 9.17) is 23.2 Å². The van der Waals surface area contributed by atoms with E-state index in [2.05, 4.69) is 0 Å². The Morgan fingerprint density at radius 2 is 1.82 bits per heavy atom. The Bertz CT molecular complexity index is 296. The predicted molar refractivity (Wildman–Crippen MR) is 41.5 cm³/mol. The second kappa shape index (κ2) is 3.11. The predicted octanol–water partition coefficient (Wildman–Crippen LogP) is 2.56. The summed E-state index contributed by atoms with van der Waals surface area (Å²) in [5, 5.41) is 10.8. The molecule has 1 radical (unpaired) electrons. The highest BCUT2D eigenvalue weighted by molar-refractivity contribution is 6.42. The van der Waals surface area contributed by atoms with Crippen LogP contribution in [0.3, 0.4) is 0 Å². The topological polar surface area (TPSA) is 37.0 Å². The molecule has 1 rings (SSSR count). The van der Waals surface area contributed by atoms with Crippen molar-refractivity contribution in [1.29, 1.82) is 0 Å². The second-order valence-corrected chi connectivity index (χ2v) is 2.73. The van der Waals surface area contributed by atoms with Crippen molar-refractivity contribution in [3.63, 3.8) is 0 Å². The maximum Gasteiger partial charge on any atom is 0.386 e. The van der Waals surface area contributed by atoms with Crippen LogP contribution in [-0.2, 0) is 5.11 Å². The molecule has 0 saturated carbocycles. The molecule has 0 N–H and O–H groups in total. The van der Waals surface area contributed by atoms with Gasteiger partial charge in [0.15, 0.2) is 0 Å². The number of hydrogen-bond acceptors (Lipinski definition) is 1. The molecule has 0 heterocycles. The summed E-state index contributed by atoms with van der Waals surface area (Å²) >= 11 is 11.1. The van der Waals surface area contributed by atoms with Crippen molar-refractivity contribution in [1.82, 2.24) is 0 Å². The van der Waals surface area contributed by atoms with Gasteiger partial charge in [-0.1, -0.05) is 23.2 Å². The van der Waals surface area contributed by atoms with Gasteiger partial charge in [0.1, 0.15) is 0 Å². The summed E-state index contributed by atoms with van der Waals surface area (Å²) in [6, 6.07) is 4.00. The zero-order chi connectivity index (χ0) is 8.43. The smallest absolute Gasteiger partial charge is 0.242 e. The molecule has 0 saturated heterocycles. The lowest BCUT2D eigenvalue weighted by Gasteiger charge is -1.94.